The highest BCUT2D eigenvalue weighted by atomic mass is 16.7. The van der Waals surface area contributed by atoms with E-state index in [1.54, 1.807) is 0 Å². The van der Waals surface area contributed by atoms with Gasteiger partial charge in [0.1, 0.15) is 6.10 Å². The Bertz CT molecular complexity index is 708. The van der Waals surface area contributed by atoms with Gasteiger partial charge in [-0.25, -0.2) is 9.86 Å². The summed E-state index contributed by atoms with van der Waals surface area (Å²) in [5, 5.41) is 4.43. The van der Waals surface area contributed by atoms with Gasteiger partial charge in [0.25, 0.3) is 0 Å². The van der Waals surface area contributed by atoms with E-state index in [1.165, 1.54) is 102 Å². The first-order valence-electron chi connectivity index (χ1n) is 17.6. The average Bonchev–Trinajstić information content (AvgIpc) is 2.97. The molecule has 1 aliphatic heterocycles. The van der Waals surface area contributed by atoms with Crippen molar-refractivity contribution in [3.8, 4) is 0 Å². The molecule has 0 aromatic carbocycles. The lowest BCUT2D eigenvalue weighted by atomic mass is 9.97. The molecule has 9 heteroatoms. The minimum atomic E-state index is -0.297. The molecule has 1 heterocycles. The lowest BCUT2D eigenvalue weighted by molar-refractivity contribution is -0.175. The van der Waals surface area contributed by atoms with Crippen LogP contribution in [0.5, 0.6) is 0 Å². The molecule has 252 valence electrons. The molecule has 3 amide bonds. The van der Waals surface area contributed by atoms with Crippen molar-refractivity contribution in [3.63, 3.8) is 0 Å². The molecule has 1 rings (SSSR count). The van der Waals surface area contributed by atoms with Crippen LogP contribution in [0.2, 0.25) is 0 Å². The number of hydrogen-bond donors (Lipinski definition) is 1. The SMILES string of the molecule is CCCCCCCCCCCCCCCCCCNC(=O)N1CCC(OC(C)=O)CC1CCON(C=O)CCCN(C)C. The van der Waals surface area contributed by atoms with Crippen molar-refractivity contribution in [2.24, 2.45) is 0 Å². The number of nitrogens with one attached hydrogen (secondary N) is 1. The van der Waals surface area contributed by atoms with Crippen molar-refractivity contribution in [1.29, 1.82) is 0 Å². The van der Waals surface area contributed by atoms with Crippen LogP contribution < -0.4 is 5.32 Å². The maximum absolute atomic E-state index is 13.1. The largest absolute Gasteiger partial charge is 0.462 e. The molecule has 0 spiro atoms. The minimum absolute atomic E-state index is 0.0644. The van der Waals surface area contributed by atoms with Crippen LogP contribution in [0.25, 0.3) is 0 Å². The summed E-state index contributed by atoms with van der Waals surface area (Å²) in [6.07, 6.45) is 24.4. The summed E-state index contributed by atoms with van der Waals surface area (Å²) in [5.41, 5.74) is 0. The average molecular weight is 611 g/mol. The number of amides is 3. The summed E-state index contributed by atoms with van der Waals surface area (Å²) in [7, 11) is 3.99. The number of unbranched alkanes of at least 4 members (excludes halogenated alkanes) is 15. The molecule has 0 radical (unpaired) electrons. The molecule has 1 saturated heterocycles. The number of nitrogens with zero attached hydrogens (tertiary/aromatic N) is 3. The summed E-state index contributed by atoms with van der Waals surface area (Å²) < 4.78 is 5.46. The molecular formula is C34H66N4O5. The maximum Gasteiger partial charge on any atom is 0.317 e. The maximum atomic E-state index is 13.1. The molecule has 0 bridgehead atoms. The topological polar surface area (TPSA) is 91.4 Å². The van der Waals surface area contributed by atoms with Crippen LogP contribution in [-0.2, 0) is 19.2 Å². The standard InChI is InChI=1S/C34H66N4O5/c1-5-6-7-8-9-10-11-12-13-14-15-16-17-18-19-20-24-35-34(41)38-27-22-33(43-31(2)40)29-32(38)23-28-42-37(30-39)26-21-25-36(3)4/h30,32-33H,5-29H2,1-4H3,(H,35,41). The fourth-order valence-electron chi connectivity index (χ4n) is 5.86. The Morgan fingerprint density at radius 1 is 0.837 bits per heavy atom. The zero-order chi connectivity index (χ0) is 31.5. The second-order valence-electron chi connectivity index (χ2n) is 12.7. The number of urea groups is 1. The summed E-state index contributed by atoms with van der Waals surface area (Å²) in [4.78, 5) is 45.6. The van der Waals surface area contributed by atoms with E-state index >= 15 is 0 Å². The Morgan fingerprint density at radius 2 is 1.40 bits per heavy atom. The Balaban J connectivity index is 2.21. The molecule has 43 heavy (non-hydrogen) atoms. The molecule has 1 N–H and O–H groups in total. The number of ether oxygens (including phenoxy) is 1. The van der Waals surface area contributed by atoms with Crippen molar-refractivity contribution < 1.29 is 24.0 Å². The van der Waals surface area contributed by atoms with Crippen molar-refractivity contribution in [3.05, 3.63) is 0 Å². The Labute approximate surface area is 263 Å². The zero-order valence-corrected chi connectivity index (χ0v) is 28.3. The van der Waals surface area contributed by atoms with Crippen LogP contribution in [0.1, 0.15) is 142 Å². The molecule has 0 aliphatic carbocycles. The van der Waals surface area contributed by atoms with E-state index in [4.69, 9.17) is 9.57 Å². The van der Waals surface area contributed by atoms with Crippen molar-refractivity contribution in [1.82, 2.24) is 20.2 Å². The minimum Gasteiger partial charge on any atom is -0.462 e. The second kappa shape index (κ2) is 26.5. The highest BCUT2D eigenvalue weighted by molar-refractivity contribution is 5.74. The third-order valence-electron chi connectivity index (χ3n) is 8.38. The first kappa shape index (κ1) is 39.2. The van der Waals surface area contributed by atoms with E-state index in [9.17, 15) is 14.4 Å². The number of hydroxylamine groups is 2. The lowest BCUT2D eigenvalue weighted by Crippen LogP contribution is -2.52. The van der Waals surface area contributed by atoms with Crippen LogP contribution in [-0.4, -0.2) is 92.3 Å². The molecule has 1 aliphatic rings. The smallest absolute Gasteiger partial charge is 0.317 e. The van der Waals surface area contributed by atoms with Crippen LogP contribution in [0, 0.1) is 0 Å². The van der Waals surface area contributed by atoms with Gasteiger partial charge in [0, 0.05) is 45.4 Å². The normalized spacial score (nSPS) is 16.8. The first-order chi connectivity index (χ1) is 20.9. The van der Waals surface area contributed by atoms with E-state index in [-0.39, 0.29) is 24.1 Å². The molecular weight excluding hydrogens is 544 g/mol. The van der Waals surface area contributed by atoms with Gasteiger partial charge in [0.05, 0.1) is 6.61 Å². The predicted octanol–water partition coefficient (Wildman–Crippen LogP) is 7.09. The molecule has 1 fully saturated rings. The van der Waals surface area contributed by atoms with Gasteiger partial charge in [-0.1, -0.05) is 103 Å². The van der Waals surface area contributed by atoms with Crippen molar-refractivity contribution in [2.75, 3.05) is 46.9 Å². The van der Waals surface area contributed by atoms with E-state index in [1.807, 2.05) is 19.0 Å². The number of carbonyl (C=O) groups is 3. The van der Waals surface area contributed by atoms with E-state index in [0.29, 0.717) is 51.9 Å². The summed E-state index contributed by atoms with van der Waals surface area (Å²) >= 11 is 0. The lowest BCUT2D eigenvalue weighted by Gasteiger charge is -2.39. The van der Waals surface area contributed by atoms with Gasteiger partial charge in [0.15, 0.2) is 0 Å². The third-order valence-corrected chi connectivity index (χ3v) is 8.38. The predicted molar refractivity (Wildman–Crippen MR) is 175 cm³/mol. The van der Waals surface area contributed by atoms with Crippen molar-refractivity contribution >= 4 is 18.4 Å². The van der Waals surface area contributed by atoms with E-state index in [0.717, 1.165) is 25.8 Å². The van der Waals surface area contributed by atoms with E-state index in [2.05, 4.69) is 17.1 Å². The highest BCUT2D eigenvalue weighted by Crippen LogP contribution is 2.23. The van der Waals surface area contributed by atoms with Gasteiger partial charge in [0.2, 0.25) is 6.41 Å². The monoisotopic (exact) mass is 611 g/mol. The summed E-state index contributed by atoms with van der Waals surface area (Å²) in [5.74, 6) is -0.297. The fraction of sp³-hybridized carbons (Fsp3) is 0.912. The number of piperidine rings is 1. The number of rotatable bonds is 27. The molecule has 2 unspecified atom stereocenters. The van der Waals surface area contributed by atoms with Crippen molar-refractivity contribution in [2.45, 2.75) is 154 Å². The van der Waals surface area contributed by atoms with Crippen LogP contribution in [0.3, 0.4) is 0 Å². The van der Waals surface area contributed by atoms with Gasteiger partial charge in [-0.15, -0.1) is 0 Å². The van der Waals surface area contributed by atoms with Gasteiger partial charge >= 0.3 is 12.0 Å². The van der Waals surface area contributed by atoms with Crippen LogP contribution >= 0.6 is 0 Å². The Morgan fingerprint density at radius 3 is 1.91 bits per heavy atom. The Kier molecular flexibility index (Phi) is 24.2. The molecule has 0 aromatic rings. The fourth-order valence-corrected chi connectivity index (χ4v) is 5.86. The number of likely N-dealkylation sites (tertiary alicyclic amines) is 1. The molecule has 2 atom stereocenters. The summed E-state index contributed by atoms with van der Waals surface area (Å²) in [6, 6.07) is -0.176. The second-order valence-corrected chi connectivity index (χ2v) is 12.7. The highest BCUT2D eigenvalue weighted by Gasteiger charge is 2.33. The molecule has 0 saturated carbocycles. The summed E-state index contributed by atoms with van der Waals surface area (Å²) in [6.45, 7) is 6.62. The van der Waals surface area contributed by atoms with E-state index < -0.39 is 0 Å². The van der Waals surface area contributed by atoms with Gasteiger partial charge < -0.3 is 19.9 Å². The number of carbonyl (C=O) groups excluding carboxylic acids is 3. The Hall–Kier alpha value is -1.87. The number of hydrogen-bond acceptors (Lipinski definition) is 6. The van der Waals surface area contributed by atoms with Gasteiger partial charge in [-0.3, -0.25) is 14.4 Å². The zero-order valence-electron chi connectivity index (χ0n) is 28.3. The first-order valence-corrected chi connectivity index (χ1v) is 17.6. The van der Waals surface area contributed by atoms with Gasteiger partial charge in [-0.2, -0.15) is 0 Å². The third kappa shape index (κ3) is 21.5. The molecule has 9 nitrogen and oxygen atoms in total. The van der Waals surface area contributed by atoms with Crippen LogP contribution in [0.15, 0.2) is 0 Å². The van der Waals surface area contributed by atoms with Gasteiger partial charge in [-0.05, 0) is 39.9 Å². The quantitative estimate of drug-likeness (QED) is 0.0462. The molecule has 0 aromatic heterocycles. The van der Waals surface area contributed by atoms with Crippen LogP contribution in [0.4, 0.5) is 4.79 Å². The number of esters is 1.